The maximum absolute atomic E-state index is 9.68. The van der Waals surface area contributed by atoms with Gasteiger partial charge in [0.1, 0.15) is 12.2 Å². The van der Waals surface area contributed by atoms with E-state index in [9.17, 15) is 5.11 Å². The molecule has 5 nitrogen and oxygen atoms in total. The Morgan fingerprint density at radius 2 is 2.29 bits per heavy atom. The minimum atomic E-state index is -0.637. The summed E-state index contributed by atoms with van der Waals surface area (Å²) in [5.41, 5.74) is -0.637. The molecule has 0 unspecified atom stereocenters. The lowest BCUT2D eigenvalue weighted by Gasteiger charge is -2.31. The van der Waals surface area contributed by atoms with Crippen LogP contribution < -0.4 is 0 Å². The predicted octanol–water partition coefficient (Wildman–Crippen LogP) is -0.135. The Morgan fingerprint density at radius 1 is 1.50 bits per heavy atom. The molecule has 14 heavy (non-hydrogen) atoms. The lowest BCUT2D eigenvalue weighted by molar-refractivity contribution is 0.0268. The fourth-order valence-corrected chi connectivity index (χ4v) is 1.80. The van der Waals surface area contributed by atoms with E-state index in [1.54, 1.807) is 6.33 Å². The molecular formula is C9H16N4O. The number of hydrogen-bond acceptors (Lipinski definition) is 4. The highest BCUT2D eigenvalue weighted by molar-refractivity contribution is 4.91. The van der Waals surface area contributed by atoms with Crippen molar-refractivity contribution in [3.05, 3.63) is 12.2 Å². The van der Waals surface area contributed by atoms with E-state index in [4.69, 9.17) is 0 Å². The number of rotatable bonds is 2. The van der Waals surface area contributed by atoms with E-state index in [1.165, 1.54) is 0 Å². The highest BCUT2D eigenvalue weighted by Crippen LogP contribution is 2.12. The van der Waals surface area contributed by atoms with E-state index in [1.807, 2.05) is 13.8 Å². The second-order valence-corrected chi connectivity index (χ2v) is 4.46. The number of aliphatic hydroxyl groups is 1. The number of aromatic nitrogens is 3. The van der Waals surface area contributed by atoms with Crippen molar-refractivity contribution in [2.75, 3.05) is 13.1 Å². The van der Waals surface area contributed by atoms with Crippen molar-refractivity contribution in [3.8, 4) is 0 Å². The Balaban J connectivity index is 2.01. The molecule has 1 N–H and O–H groups in total. The van der Waals surface area contributed by atoms with Gasteiger partial charge in [-0.2, -0.15) is 0 Å². The average molecular weight is 196 g/mol. The molecule has 5 heteroatoms. The third kappa shape index (κ3) is 2.10. The van der Waals surface area contributed by atoms with Gasteiger partial charge < -0.3 is 9.67 Å². The maximum atomic E-state index is 9.68. The first-order valence-corrected chi connectivity index (χ1v) is 4.86. The van der Waals surface area contributed by atoms with E-state index in [-0.39, 0.29) is 0 Å². The molecule has 0 aromatic carbocycles. The summed E-state index contributed by atoms with van der Waals surface area (Å²) >= 11 is 0. The summed E-state index contributed by atoms with van der Waals surface area (Å²) in [6, 6.07) is 0. The van der Waals surface area contributed by atoms with Gasteiger partial charge >= 0.3 is 0 Å². The van der Waals surface area contributed by atoms with Gasteiger partial charge in [-0.05, 0) is 13.8 Å². The van der Waals surface area contributed by atoms with Crippen LogP contribution in [0.4, 0.5) is 0 Å². The van der Waals surface area contributed by atoms with Crippen LogP contribution in [0, 0.1) is 0 Å². The summed E-state index contributed by atoms with van der Waals surface area (Å²) in [6.07, 6.45) is 1.76. The van der Waals surface area contributed by atoms with E-state index in [2.05, 4.69) is 19.7 Å². The first-order valence-electron chi connectivity index (χ1n) is 4.86. The Labute approximate surface area is 83.4 Å². The van der Waals surface area contributed by atoms with Gasteiger partial charge in [-0.15, -0.1) is 10.2 Å². The van der Waals surface area contributed by atoms with Crippen molar-refractivity contribution in [2.45, 2.75) is 32.5 Å². The summed E-state index contributed by atoms with van der Waals surface area (Å²) in [5, 5.41) is 17.6. The van der Waals surface area contributed by atoms with Crippen molar-refractivity contribution in [3.63, 3.8) is 0 Å². The van der Waals surface area contributed by atoms with Gasteiger partial charge in [0, 0.05) is 19.6 Å². The molecule has 1 aliphatic rings. The van der Waals surface area contributed by atoms with Gasteiger partial charge in [-0.1, -0.05) is 0 Å². The Kier molecular flexibility index (Phi) is 2.28. The van der Waals surface area contributed by atoms with Crippen LogP contribution in [0.15, 0.2) is 6.33 Å². The second kappa shape index (κ2) is 3.33. The van der Waals surface area contributed by atoms with Crippen molar-refractivity contribution >= 4 is 0 Å². The highest BCUT2D eigenvalue weighted by atomic mass is 16.3. The predicted molar refractivity (Wildman–Crippen MR) is 51.6 cm³/mol. The fourth-order valence-electron chi connectivity index (χ4n) is 1.80. The van der Waals surface area contributed by atoms with Crippen molar-refractivity contribution in [2.24, 2.45) is 0 Å². The minimum Gasteiger partial charge on any atom is -0.389 e. The quantitative estimate of drug-likeness (QED) is 0.715. The van der Waals surface area contributed by atoms with E-state index >= 15 is 0 Å². The molecule has 0 saturated heterocycles. The van der Waals surface area contributed by atoms with Crippen molar-refractivity contribution in [1.29, 1.82) is 0 Å². The molecule has 0 spiro atoms. The third-order valence-corrected chi connectivity index (χ3v) is 2.33. The zero-order valence-electron chi connectivity index (χ0n) is 8.64. The summed E-state index contributed by atoms with van der Waals surface area (Å²) in [5.74, 6) is 0.987. The highest BCUT2D eigenvalue weighted by Gasteiger charge is 2.22. The van der Waals surface area contributed by atoms with Crippen LogP contribution in [0.25, 0.3) is 0 Å². The van der Waals surface area contributed by atoms with Crippen LogP contribution >= 0.6 is 0 Å². The molecule has 1 aromatic rings. The zero-order valence-corrected chi connectivity index (χ0v) is 8.64. The fraction of sp³-hybridized carbons (Fsp3) is 0.778. The first-order chi connectivity index (χ1) is 6.54. The van der Waals surface area contributed by atoms with Gasteiger partial charge in [-0.3, -0.25) is 4.90 Å². The Bertz CT molecular complexity index is 315. The minimum absolute atomic E-state index is 0.637. The summed E-state index contributed by atoms with van der Waals surface area (Å²) in [7, 11) is 0. The van der Waals surface area contributed by atoms with Crippen LogP contribution in [0.2, 0.25) is 0 Å². The van der Waals surface area contributed by atoms with E-state index in [0.717, 1.165) is 25.5 Å². The van der Waals surface area contributed by atoms with Crippen LogP contribution in [0.3, 0.4) is 0 Å². The van der Waals surface area contributed by atoms with Crippen molar-refractivity contribution < 1.29 is 5.11 Å². The summed E-state index contributed by atoms with van der Waals surface area (Å²) < 4.78 is 2.06. The van der Waals surface area contributed by atoms with Gasteiger partial charge in [0.2, 0.25) is 0 Å². The molecule has 0 radical (unpaired) electrons. The van der Waals surface area contributed by atoms with Crippen molar-refractivity contribution in [1.82, 2.24) is 19.7 Å². The van der Waals surface area contributed by atoms with Gasteiger partial charge in [0.05, 0.1) is 12.1 Å². The molecule has 2 rings (SSSR count). The van der Waals surface area contributed by atoms with Crippen LogP contribution in [-0.4, -0.2) is 43.5 Å². The molecule has 0 saturated carbocycles. The summed E-state index contributed by atoms with van der Waals surface area (Å²) in [6.45, 7) is 6.98. The molecule has 78 valence electrons. The van der Waals surface area contributed by atoms with Crippen LogP contribution in [-0.2, 0) is 13.1 Å². The van der Waals surface area contributed by atoms with E-state index in [0.29, 0.717) is 6.54 Å². The van der Waals surface area contributed by atoms with Gasteiger partial charge in [0.15, 0.2) is 0 Å². The third-order valence-electron chi connectivity index (χ3n) is 2.33. The lowest BCUT2D eigenvalue weighted by Crippen LogP contribution is -2.42. The molecule has 0 aliphatic carbocycles. The zero-order chi connectivity index (χ0) is 10.2. The molecule has 1 aliphatic heterocycles. The molecule has 0 fully saturated rings. The van der Waals surface area contributed by atoms with Gasteiger partial charge in [0.25, 0.3) is 0 Å². The SMILES string of the molecule is CC(C)(O)CN1CCn2cnnc2C1. The topological polar surface area (TPSA) is 54.2 Å². The smallest absolute Gasteiger partial charge is 0.147 e. The first kappa shape index (κ1) is 9.61. The summed E-state index contributed by atoms with van der Waals surface area (Å²) in [4.78, 5) is 2.20. The standard InChI is InChI=1S/C9H16N4O/c1-9(2,14)6-12-3-4-13-7-10-11-8(13)5-12/h7,14H,3-6H2,1-2H3. The number of β-amino-alcohol motifs (C(OH)–C–C–N with tert-alkyl or cyclic N) is 1. The molecule has 2 heterocycles. The molecule has 0 atom stereocenters. The van der Waals surface area contributed by atoms with Gasteiger partial charge in [-0.25, -0.2) is 0 Å². The Morgan fingerprint density at radius 3 is 3.00 bits per heavy atom. The lowest BCUT2D eigenvalue weighted by atomic mass is 10.1. The average Bonchev–Trinajstić information content (AvgIpc) is 2.47. The molecule has 0 bridgehead atoms. The Hall–Kier alpha value is -0.940. The van der Waals surface area contributed by atoms with Crippen LogP contribution in [0.1, 0.15) is 19.7 Å². The molecule has 1 aromatic heterocycles. The maximum Gasteiger partial charge on any atom is 0.147 e. The number of hydrogen-bond donors (Lipinski definition) is 1. The normalized spacial score (nSPS) is 18.2. The largest absolute Gasteiger partial charge is 0.389 e. The number of nitrogens with zero attached hydrogens (tertiary/aromatic N) is 4. The second-order valence-electron chi connectivity index (χ2n) is 4.46. The molecular weight excluding hydrogens is 180 g/mol. The monoisotopic (exact) mass is 196 g/mol. The number of fused-ring (bicyclic) bond motifs is 1. The molecule has 0 amide bonds. The van der Waals surface area contributed by atoms with Crippen LogP contribution in [0.5, 0.6) is 0 Å². The van der Waals surface area contributed by atoms with E-state index < -0.39 is 5.60 Å².